The summed E-state index contributed by atoms with van der Waals surface area (Å²) < 4.78 is 66.0. The Hall–Kier alpha value is -3.33. The topological polar surface area (TPSA) is 66.5 Å². The van der Waals surface area contributed by atoms with Gasteiger partial charge in [0.2, 0.25) is 0 Å². The fourth-order valence-corrected chi connectivity index (χ4v) is 3.76. The van der Waals surface area contributed by atoms with Gasteiger partial charge in [0, 0.05) is 24.4 Å². The SMILES string of the molecule is CN(c1ccc(F)cc1)S(=O)(=O)c1cccc(C(=O)Nc2ccc(F)c(F)c2)c1. The van der Waals surface area contributed by atoms with Crippen molar-refractivity contribution in [1.82, 2.24) is 0 Å². The monoisotopic (exact) mass is 420 g/mol. The number of carbonyl (C=O) groups excluding carboxylic acids is 1. The van der Waals surface area contributed by atoms with Gasteiger partial charge in [-0.25, -0.2) is 21.6 Å². The lowest BCUT2D eigenvalue weighted by Gasteiger charge is -2.19. The van der Waals surface area contributed by atoms with E-state index in [1.165, 1.54) is 43.4 Å². The summed E-state index contributed by atoms with van der Waals surface area (Å²) in [4.78, 5) is 12.2. The Kier molecular flexibility index (Phi) is 5.60. The van der Waals surface area contributed by atoms with Crippen LogP contribution in [-0.2, 0) is 10.0 Å². The van der Waals surface area contributed by atoms with Crippen LogP contribution in [0.15, 0.2) is 71.6 Å². The van der Waals surface area contributed by atoms with E-state index in [1.807, 2.05) is 0 Å². The molecule has 0 fully saturated rings. The molecule has 3 aromatic carbocycles. The second-order valence-corrected chi connectivity index (χ2v) is 8.03. The van der Waals surface area contributed by atoms with Crippen LogP contribution in [0.4, 0.5) is 24.5 Å². The molecular formula is C20H15F3N2O3S. The van der Waals surface area contributed by atoms with Crippen molar-refractivity contribution < 1.29 is 26.4 Å². The smallest absolute Gasteiger partial charge is 0.264 e. The molecule has 0 radical (unpaired) electrons. The van der Waals surface area contributed by atoms with Crippen molar-refractivity contribution in [3.05, 3.63) is 89.7 Å². The number of carbonyl (C=O) groups is 1. The van der Waals surface area contributed by atoms with E-state index in [0.29, 0.717) is 0 Å². The Morgan fingerprint density at radius 2 is 1.59 bits per heavy atom. The number of nitrogens with zero attached hydrogens (tertiary/aromatic N) is 1. The Morgan fingerprint density at radius 3 is 2.24 bits per heavy atom. The molecule has 1 N–H and O–H groups in total. The number of rotatable bonds is 5. The van der Waals surface area contributed by atoms with E-state index >= 15 is 0 Å². The van der Waals surface area contributed by atoms with Crippen molar-refractivity contribution >= 4 is 27.3 Å². The molecule has 0 spiro atoms. The molecule has 29 heavy (non-hydrogen) atoms. The first kappa shape index (κ1) is 20.4. The molecule has 150 valence electrons. The number of amides is 1. The average molecular weight is 420 g/mol. The minimum absolute atomic E-state index is 0.00307. The largest absolute Gasteiger partial charge is 0.322 e. The first-order valence-electron chi connectivity index (χ1n) is 8.29. The molecule has 1 amide bonds. The fourth-order valence-electron chi connectivity index (χ4n) is 2.52. The second-order valence-electron chi connectivity index (χ2n) is 6.06. The molecule has 0 saturated heterocycles. The molecular weight excluding hydrogens is 405 g/mol. The summed E-state index contributed by atoms with van der Waals surface area (Å²) in [6.07, 6.45) is 0. The van der Waals surface area contributed by atoms with Crippen molar-refractivity contribution in [2.75, 3.05) is 16.7 Å². The zero-order valence-electron chi connectivity index (χ0n) is 15.1. The van der Waals surface area contributed by atoms with E-state index in [2.05, 4.69) is 5.32 Å². The highest BCUT2D eigenvalue weighted by molar-refractivity contribution is 7.92. The number of nitrogens with one attached hydrogen (secondary N) is 1. The quantitative estimate of drug-likeness (QED) is 0.673. The molecule has 0 aliphatic carbocycles. The van der Waals surface area contributed by atoms with Gasteiger partial charge in [-0.3, -0.25) is 9.10 Å². The molecule has 0 saturated carbocycles. The van der Waals surface area contributed by atoms with Crippen molar-refractivity contribution in [3.8, 4) is 0 Å². The summed E-state index contributed by atoms with van der Waals surface area (Å²) in [5.41, 5.74) is 0.261. The lowest BCUT2D eigenvalue weighted by Crippen LogP contribution is -2.26. The number of hydrogen-bond acceptors (Lipinski definition) is 3. The van der Waals surface area contributed by atoms with E-state index in [-0.39, 0.29) is 21.8 Å². The molecule has 0 atom stereocenters. The summed E-state index contributed by atoms with van der Waals surface area (Å²) in [5, 5.41) is 2.38. The minimum Gasteiger partial charge on any atom is -0.322 e. The Morgan fingerprint density at radius 1 is 0.897 bits per heavy atom. The molecule has 0 aliphatic rings. The van der Waals surface area contributed by atoms with Crippen molar-refractivity contribution in [2.45, 2.75) is 4.90 Å². The minimum atomic E-state index is -4.02. The molecule has 0 heterocycles. The Labute approximate surface area is 165 Å². The maximum atomic E-state index is 13.3. The highest BCUT2D eigenvalue weighted by atomic mass is 32.2. The second kappa shape index (κ2) is 7.96. The molecule has 9 heteroatoms. The summed E-state index contributed by atoms with van der Waals surface area (Å²) in [5.74, 6) is -3.38. The Balaban J connectivity index is 1.86. The van der Waals surface area contributed by atoms with E-state index in [0.717, 1.165) is 34.6 Å². The van der Waals surface area contributed by atoms with Crippen LogP contribution in [-0.4, -0.2) is 21.4 Å². The molecule has 0 unspecified atom stereocenters. The summed E-state index contributed by atoms with van der Waals surface area (Å²) in [7, 11) is -2.72. The predicted molar refractivity (Wildman–Crippen MR) is 103 cm³/mol. The number of sulfonamides is 1. The van der Waals surface area contributed by atoms with Gasteiger partial charge in [-0.05, 0) is 54.6 Å². The number of benzene rings is 3. The summed E-state index contributed by atoms with van der Waals surface area (Å²) in [6.45, 7) is 0. The highest BCUT2D eigenvalue weighted by Gasteiger charge is 2.22. The van der Waals surface area contributed by atoms with Crippen LogP contribution in [0, 0.1) is 17.5 Å². The van der Waals surface area contributed by atoms with Crippen LogP contribution in [0.25, 0.3) is 0 Å². The van der Waals surface area contributed by atoms with Crippen LogP contribution >= 0.6 is 0 Å². The molecule has 3 rings (SSSR count). The summed E-state index contributed by atoms with van der Waals surface area (Å²) >= 11 is 0. The molecule has 5 nitrogen and oxygen atoms in total. The Bertz CT molecular complexity index is 1170. The number of anilines is 2. The van der Waals surface area contributed by atoms with Crippen molar-refractivity contribution in [3.63, 3.8) is 0 Å². The standard InChI is InChI=1S/C20H15F3N2O3S/c1-25(16-8-5-14(21)6-9-16)29(27,28)17-4-2-3-13(11-17)20(26)24-15-7-10-18(22)19(23)12-15/h2-12H,1H3,(H,24,26). The van der Waals surface area contributed by atoms with Gasteiger partial charge in [0.25, 0.3) is 15.9 Å². The van der Waals surface area contributed by atoms with Gasteiger partial charge in [0.05, 0.1) is 10.6 Å². The van der Waals surface area contributed by atoms with Gasteiger partial charge in [-0.1, -0.05) is 6.07 Å². The zero-order valence-corrected chi connectivity index (χ0v) is 15.9. The molecule has 0 aliphatic heterocycles. The fraction of sp³-hybridized carbons (Fsp3) is 0.0500. The van der Waals surface area contributed by atoms with Crippen LogP contribution in [0.2, 0.25) is 0 Å². The maximum Gasteiger partial charge on any atom is 0.264 e. The van der Waals surface area contributed by atoms with Crippen LogP contribution in [0.5, 0.6) is 0 Å². The third-order valence-corrected chi connectivity index (χ3v) is 5.90. The van der Waals surface area contributed by atoms with Crippen molar-refractivity contribution in [1.29, 1.82) is 0 Å². The highest BCUT2D eigenvalue weighted by Crippen LogP contribution is 2.23. The normalized spacial score (nSPS) is 11.2. The van der Waals surface area contributed by atoms with Gasteiger partial charge < -0.3 is 5.32 Å². The van der Waals surface area contributed by atoms with Crippen molar-refractivity contribution in [2.24, 2.45) is 0 Å². The van der Waals surface area contributed by atoms with Gasteiger partial charge in [0.15, 0.2) is 11.6 Å². The van der Waals surface area contributed by atoms with Crippen LogP contribution in [0.1, 0.15) is 10.4 Å². The molecule has 0 aromatic heterocycles. The van der Waals surface area contributed by atoms with E-state index in [4.69, 9.17) is 0 Å². The first-order chi connectivity index (χ1) is 13.7. The van der Waals surface area contributed by atoms with Crippen LogP contribution in [0.3, 0.4) is 0 Å². The summed E-state index contributed by atoms with van der Waals surface area (Å²) in [6, 6.07) is 13.0. The lowest BCUT2D eigenvalue weighted by atomic mass is 10.2. The number of halogens is 3. The average Bonchev–Trinajstić information content (AvgIpc) is 2.71. The first-order valence-corrected chi connectivity index (χ1v) is 9.73. The van der Waals surface area contributed by atoms with E-state index in [9.17, 15) is 26.4 Å². The third-order valence-electron chi connectivity index (χ3n) is 4.12. The predicted octanol–water partition coefficient (Wildman–Crippen LogP) is 4.18. The molecule has 0 bridgehead atoms. The third kappa shape index (κ3) is 4.40. The van der Waals surface area contributed by atoms with Gasteiger partial charge >= 0.3 is 0 Å². The number of hydrogen-bond donors (Lipinski definition) is 1. The van der Waals surface area contributed by atoms with Gasteiger partial charge in [-0.2, -0.15) is 0 Å². The lowest BCUT2D eigenvalue weighted by molar-refractivity contribution is 0.102. The van der Waals surface area contributed by atoms with Gasteiger partial charge in [-0.15, -0.1) is 0 Å². The zero-order chi connectivity index (χ0) is 21.2. The van der Waals surface area contributed by atoms with Crippen LogP contribution < -0.4 is 9.62 Å². The maximum absolute atomic E-state index is 13.3. The van der Waals surface area contributed by atoms with E-state index in [1.54, 1.807) is 0 Å². The molecule has 3 aromatic rings. The van der Waals surface area contributed by atoms with Gasteiger partial charge in [0.1, 0.15) is 5.82 Å². The van der Waals surface area contributed by atoms with E-state index < -0.39 is 33.4 Å².